The second-order valence-electron chi connectivity index (χ2n) is 9.98. The fourth-order valence-electron chi connectivity index (χ4n) is 5.16. The lowest BCUT2D eigenvalue weighted by Crippen LogP contribution is -2.39. The summed E-state index contributed by atoms with van der Waals surface area (Å²) in [5.74, 6) is -1.80. The van der Waals surface area contributed by atoms with Gasteiger partial charge in [0.15, 0.2) is 27.3 Å². The quantitative estimate of drug-likeness (QED) is 0.493. The summed E-state index contributed by atoms with van der Waals surface area (Å²) in [6.45, 7) is 2.61. The van der Waals surface area contributed by atoms with Gasteiger partial charge in [-0.3, -0.25) is 9.59 Å². The first-order chi connectivity index (χ1) is 17.1. The van der Waals surface area contributed by atoms with Crippen molar-refractivity contribution in [2.75, 3.05) is 25.9 Å². The smallest absolute Gasteiger partial charge is 0.261 e. The van der Waals surface area contributed by atoms with Crippen molar-refractivity contribution in [3.8, 4) is 0 Å². The largest absolute Gasteiger partial charge is 0.349 e. The van der Waals surface area contributed by atoms with E-state index in [1.807, 2.05) is 0 Å². The van der Waals surface area contributed by atoms with Crippen LogP contribution in [-0.4, -0.2) is 56.9 Å². The second kappa shape index (κ2) is 11.5. The van der Waals surface area contributed by atoms with Crippen LogP contribution in [-0.2, 0) is 9.84 Å². The number of hydrogen-bond donors (Lipinski definition) is 1. The van der Waals surface area contributed by atoms with Gasteiger partial charge >= 0.3 is 0 Å². The van der Waals surface area contributed by atoms with Crippen LogP contribution in [0.4, 0.5) is 8.78 Å². The van der Waals surface area contributed by atoms with E-state index in [-0.39, 0.29) is 33.4 Å². The molecule has 1 saturated carbocycles. The van der Waals surface area contributed by atoms with E-state index in [1.54, 1.807) is 6.07 Å². The number of amides is 1. The second-order valence-corrected chi connectivity index (χ2v) is 13.3. The lowest BCUT2D eigenvalue weighted by atomic mass is 9.83. The number of rotatable bonds is 8. The molecule has 0 spiro atoms. The van der Waals surface area contributed by atoms with E-state index in [2.05, 4.69) is 10.2 Å². The Hall–Kier alpha value is -2.17. The van der Waals surface area contributed by atoms with E-state index in [0.29, 0.717) is 10.8 Å². The molecule has 36 heavy (non-hydrogen) atoms. The van der Waals surface area contributed by atoms with Crippen LogP contribution in [0.25, 0.3) is 0 Å². The molecule has 0 radical (unpaired) electrons. The lowest BCUT2D eigenvalue weighted by Gasteiger charge is -2.34. The van der Waals surface area contributed by atoms with E-state index in [0.717, 1.165) is 94.3 Å². The van der Waals surface area contributed by atoms with Gasteiger partial charge in [0.05, 0.1) is 4.88 Å². The molecule has 0 atom stereocenters. The molecular formula is C26H32F2N2O4S2. The van der Waals surface area contributed by atoms with E-state index < -0.39 is 21.5 Å². The molecule has 1 aromatic heterocycles. The Morgan fingerprint density at radius 3 is 2.31 bits per heavy atom. The van der Waals surface area contributed by atoms with Gasteiger partial charge in [-0.15, -0.1) is 11.3 Å². The molecule has 1 amide bonds. The lowest BCUT2D eigenvalue weighted by molar-refractivity contribution is 0.0832. The zero-order valence-corrected chi connectivity index (χ0v) is 22.0. The van der Waals surface area contributed by atoms with Crippen LogP contribution in [0.15, 0.2) is 34.5 Å². The number of ketones is 1. The molecule has 2 heterocycles. The molecular weight excluding hydrogens is 506 g/mol. The van der Waals surface area contributed by atoms with Crippen LogP contribution >= 0.6 is 11.3 Å². The summed E-state index contributed by atoms with van der Waals surface area (Å²) in [4.78, 5) is 28.0. The van der Waals surface area contributed by atoms with Crippen LogP contribution in [0.1, 0.15) is 65.0 Å². The van der Waals surface area contributed by atoms with Crippen molar-refractivity contribution in [3.05, 3.63) is 52.4 Å². The zero-order valence-electron chi connectivity index (χ0n) is 20.3. The fraction of sp³-hybridized carbons (Fsp3) is 0.538. The summed E-state index contributed by atoms with van der Waals surface area (Å²) in [7, 11) is -3.30. The maximum absolute atomic E-state index is 13.5. The third-order valence-electron chi connectivity index (χ3n) is 7.37. The van der Waals surface area contributed by atoms with E-state index in [9.17, 15) is 26.8 Å². The first kappa shape index (κ1) is 26.9. The van der Waals surface area contributed by atoms with Crippen molar-refractivity contribution >= 4 is 32.9 Å². The molecule has 2 aromatic rings. The predicted octanol–water partition coefficient (Wildman–Crippen LogP) is 4.70. The molecule has 1 aromatic carbocycles. The number of sulfone groups is 1. The molecule has 2 aliphatic rings. The Morgan fingerprint density at radius 1 is 1.00 bits per heavy atom. The number of nitrogens with one attached hydrogen (secondary N) is 1. The number of Topliss-reactive ketones (excluding diaryl/α,β-unsaturated/α-hetero) is 1. The normalized spacial score (nSPS) is 21.9. The maximum atomic E-state index is 13.5. The van der Waals surface area contributed by atoms with Gasteiger partial charge in [0.25, 0.3) is 5.91 Å². The fourth-order valence-corrected chi connectivity index (χ4v) is 6.99. The van der Waals surface area contributed by atoms with Crippen LogP contribution in [0, 0.1) is 23.5 Å². The number of hydrogen-bond acceptors (Lipinski definition) is 6. The summed E-state index contributed by atoms with van der Waals surface area (Å²) >= 11 is 1.00. The highest BCUT2D eigenvalue weighted by molar-refractivity contribution is 7.92. The van der Waals surface area contributed by atoms with Gasteiger partial charge in [-0.05, 0) is 101 Å². The first-order valence-electron chi connectivity index (χ1n) is 12.4. The average Bonchev–Trinajstić information content (AvgIpc) is 3.37. The zero-order chi connectivity index (χ0) is 25.9. The number of benzene rings is 1. The van der Waals surface area contributed by atoms with Gasteiger partial charge in [-0.2, -0.15) is 0 Å². The Balaban J connectivity index is 1.15. The highest BCUT2D eigenvalue weighted by Gasteiger charge is 2.28. The van der Waals surface area contributed by atoms with Gasteiger partial charge in [0.2, 0.25) is 0 Å². The Morgan fingerprint density at radius 2 is 1.69 bits per heavy atom. The molecule has 196 valence electrons. The summed E-state index contributed by atoms with van der Waals surface area (Å²) in [6.07, 6.45) is 7.55. The number of nitrogens with zero attached hydrogens (tertiary/aromatic N) is 1. The van der Waals surface area contributed by atoms with E-state index >= 15 is 0 Å². The molecule has 0 unspecified atom stereocenters. The SMILES string of the molecule is CS(=O)(=O)c1ccc(C(=O)NC2CCC(CCN3CCC(C(=O)c4ccc(F)c(F)c4)CC3)CC2)s1. The average molecular weight is 539 g/mol. The van der Waals surface area contributed by atoms with E-state index in [4.69, 9.17) is 0 Å². The molecule has 1 aliphatic carbocycles. The minimum Gasteiger partial charge on any atom is -0.349 e. The topological polar surface area (TPSA) is 83.6 Å². The molecule has 6 nitrogen and oxygen atoms in total. The number of carbonyl (C=O) groups is 2. The third kappa shape index (κ3) is 6.77. The van der Waals surface area contributed by atoms with Crippen LogP contribution in [0.3, 0.4) is 0 Å². The molecule has 4 rings (SSSR count). The molecule has 1 aliphatic heterocycles. The Kier molecular flexibility index (Phi) is 8.57. The molecule has 1 N–H and O–H groups in total. The van der Waals surface area contributed by atoms with Crippen LogP contribution in [0.2, 0.25) is 0 Å². The summed E-state index contributed by atoms with van der Waals surface area (Å²) in [5.41, 5.74) is 0.242. The number of halogens is 2. The van der Waals surface area contributed by atoms with Crippen molar-refractivity contribution in [1.29, 1.82) is 0 Å². The number of piperidine rings is 1. The van der Waals surface area contributed by atoms with E-state index in [1.165, 1.54) is 12.1 Å². The number of likely N-dealkylation sites (tertiary alicyclic amines) is 1. The highest BCUT2D eigenvalue weighted by atomic mass is 32.2. The van der Waals surface area contributed by atoms with Gasteiger partial charge in [-0.25, -0.2) is 17.2 Å². The molecule has 0 bridgehead atoms. The standard InChI is InChI=1S/C26H32F2N2O4S2/c1-36(33,34)24-9-8-23(35-24)26(32)29-20-5-2-17(3-6-20)10-13-30-14-11-18(12-15-30)25(31)19-4-7-21(27)22(28)16-19/h4,7-9,16-18,20H,2-3,5-6,10-15H2,1H3,(H,29,32). The van der Waals surface area contributed by atoms with Gasteiger partial charge in [0, 0.05) is 23.8 Å². The highest BCUT2D eigenvalue weighted by Crippen LogP contribution is 2.29. The Labute approximate surface area is 215 Å². The summed E-state index contributed by atoms with van der Waals surface area (Å²) < 4.78 is 50.1. The van der Waals surface area contributed by atoms with Crippen molar-refractivity contribution in [2.24, 2.45) is 11.8 Å². The predicted molar refractivity (Wildman–Crippen MR) is 135 cm³/mol. The van der Waals surface area contributed by atoms with Crippen LogP contribution < -0.4 is 5.32 Å². The minimum absolute atomic E-state index is 0.107. The first-order valence-corrected chi connectivity index (χ1v) is 15.1. The van der Waals surface area contributed by atoms with Crippen molar-refractivity contribution in [3.63, 3.8) is 0 Å². The van der Waals surface area contributed by atoms with Gasteiger partial charge in [0.1, 0.15) is 4.21 Å². The Bertz CT molecular complexity index is 1200. The number of carbonyl (C=O) groups excluding carboxylic acids is 2. The molecule has 2 fully saturated rings. The van der Waals surface area contributed by atoms with Gasteiger partial charge < -0.3 is 10.2 Å². The van der Waals surface area contributed by atoms with Crippen molar-refractivity contribution in [1.82, 2.24) is 10.2 Å². The summed E-state index contributed by atoms with van der Waals surface area (Å²) in [5, 5.41) is 3.05. The van der Waals surface area contributed by atoms with Crippen molar-refractivity contribution in [2.45, 2.75) is 55.2 Å². The van der Waals surface area contributed by atoms with Crippen LogP contribution in [0.5, 0.6) is 0 Å². The monoisotopic (exact) mass is 538 g/mol. The molecule has 10 heteroatoms. The minimum atomic E-state index is -3.30. The maximum Gasteiger partial charge on any atom is 0.261 e. The number of thiophene rings is 1. The molecule has 1 saturated heterocycles. The van der Waals surface area contributed by atoms with Crippen molar-refractivity contribution < 1.29 is 26.8 Å². The summed E-state index contributed by atoms with van der Waals surface area (Å²) in [6, 6.07) is 6.52. The third-order valence-corrected chi connectivity index (χ3v) is 10.3. The van der Waals surface area contributed by atoms with Gasteiger partial charge in [-0.1, -0.05) is 0 Å².